The topological polar surface area (TPSA) is 47.4 Å². The zero-order valence-corrected chi connectivity index (χ0v) is 13.9. The average molecular weight is 313 g/mol. The molecule has 23 heavy (non-hydrogen) atoms. The van der Waals surface area contributed by atoms with Gasteiger partial charge in [-0.1, -0.05) is 18.2 Å². The highest BCUT2D eigenvalue weighted by Crippen LogP contribution is 2.36. The molecule has 2 heterocycles. The molecular weight excluding hydrogens is 290 g/mol. The van der Waals surface area contributed by atoms with Gasteiger partial charge in [0.25, 0.3) is 0 Å². The molecule has 0 N–H and O–H groups in total. The van der Waals surface area contributed by atoms with Crippen LogP contribution >= 0.6 is 0 Å². The van der Waals surface area contributed by atoms with Crippen molar-refractivity contribution in [1.82, 2.24) is 9.55 Å². The van der Waals surface area contributed by atoms with Gasteiger partial charge in [-0.2, -0.15) is 0 Å². The number of nitrogens with zero attached hydrogens (tertiary/aromatic N) is 3. The largest absolute Gasteiger partial charge is 0.469 e. The second-order valence-electron chi connectivity index (χ2n) is 6.19. The van der Waals surface area contributed by atoms with Crippen LogP contribution in [0.4, 0.5) is 5.69 Å². The highest BCUT2D eigenvalue weighted by Gasteiger charge is 2.31. The Balaban J connectivity index is 1.90. The van der Waals surface area contributed by atoms with Gasteiger partial charge in [0, 0.05) is 30.7 Å². The van der Waals surface area contributed by atoms with Gasteiger partial charge in [-0.3, -0.25) is 4.79 Å². The Hall–Kier alpha value is -2.30. The third kappa shape index (κ3) is 2.96. The van der Waals surface area contributed by atoms with Crippen molar-refractivity contribution >= 4 is 11.7 Å². The molecule has 2 aromatic rings. The van der Waals surface area contributed by atoms with E-state index in [1.807, 2.05) is 30.6 Å². The van der Waals surface area contributed by atoms with Crippen molar-refractivity contribution in [2.75, 3.05) is 18.6 Å². The van der Waals surface area contributed by atoms with Crippen LogP contribution in [0.5, 0.6) is 0 Å². The van der Waals surface area contributed by atoms with E-state index in [0.29, 0.717) is 6.04 Å². The van der Waals surface area contributed by atoms with Crippen molar-refractivity contribution in [3.8, 4) is 0 Å². The van der Waals surface area contributed by atoms with Crippen LogP contribution in [0.2, 0.25) is 0 Å². The van der Waals surface area contributed by atoms with Gasteiger partial charge >= 0.3 is 5.97 Å². The van der Waals surface area contributed by atoms with Crippen LogP contribution in [0.15, 0.2) is 36.7 Å². The number of methoxy groups -OCH3 is 1. The van der Waals surface area contributed by atoms with Crippen LogP contribution in [0.3, 0.4) is 0 Å². The summed E-state index contributed by atoms with van der Waals surface area (Å²) in [6.07, 6.45) is 4.64. The fraction of sp³-hybridized carbons (Fsp3) is 0.444. The number of aromatic nitrogens is 2. The van der Waals surface area contributed by atoms with E-state index in [4.69, 9.17) is 4.74 Å². The molecule has 0 bridgehead atoms. The Morgan fingerprint density at radius 2 is 2.17 bits per heavy atom. The number of imidazole rings is 1. The summed E-state index contributed by atoms with van der Waals surface area (Å²) in [5.74, 6) is 0.726. The first-order valence-electron chi connectivity index (χ1n) is 8.05. The predicted molar refractivity (Wildman–Crippen MR) is 89.5 cm³/mol. The lowest BCUT2D eigenvalue weighted by molar-refractivity contribution is -0.142. The van der Waals surface area contributed by atoms with Crippen molar-refractivity contribution in [2.24, 2.45) is 0 Å². The van der Waals surface area contributed by atoms with Crippen LogP contribution < -0.4 is 4.90 Å². The Bertz CT molecular complexity index is 693. The molecule has 0 spiro atoms. The summed E-state index contributed by atoms with van der Waals surface area (Å²) in [5, 5.41) is 0. The lowest BCUT2D eigenvalue weighted by Gasteiger charge is -2.34. The molecule has 0 fully saturated rings. The van der Waals surface area contributed by atoms with Gasteiger partial charge in [-0.25, -0.2) is 4.98 Å². The molecule has 5 heteroatoms. The molecular formula is C18H23N3O2. The molecule has 0 saturated carbocycles. The third-order valence-electron chi connectivity index (χ3n) is 4.46. The molecule has 1 aliphatic heterocycles. The molecule has 0 amide bonds. The van der Waals surface area contributed by atoms with Gasteiger partial charge in [-0.05, 0) is 31.9 Å². The van der Waals surface area contributed by atoms with E-state index in [1.54, 1.807) is 0 Å². The van der Waals surface area contributed by atoms with Gasteiger partial charge in [-0.15, -0.1) is 0 Å². The maximum atomic E-state index is 12.0. The average Bonchev–Trinajstić information content (AvgIpc) is 3.03. The summed E-state index contributed by atoms with van der Waals surface area (Å²) in [6, 6.07) is 8.48. The quantitative estimate of drug-likeness (QED) is 0.814. The number of carbonyl (C=O) groups is 1. The Morgan fingerprint density at radius 1 is 1.39 bits per heavy atom. The van der Waals surface area contributed by atoms with E-state index < -0.39 is 0 Å². The molecule has 0 aliphatic carbocycles. The molecule has 122 valence electrons. The van der Waals surface area contributed by atoms with Crippen LogP contribution in [0, 0.1) is 0 Å². The summed E-state index contributed by atoms with van der Waals surface area (Å²) in [4.78, 5) is 18.8. The molecule has 1 aromatic carbocycles. The fourth-order valence-corrected chi connectivity index (χ4v) is 3.29. The minimum atomic E-state index is -0.169. The number of hydrogen-bond donors (Lipinski definition) is 0. The minimum Gasteiger partial charge on any atom is -0.469 e. The smallest absolute Gasteiger partial charge is 0.313 e. The molecule has 1 unspecified atom stereocenters. The highest BCUT2D eigenvalue weighted by molar-refractivity contribution is 5.81. The van der Waals surface area contributed by atoms with Gasteiger partial charge in [0.1, 0.15) is 5.82 Å². The lowest BCUT2D eigenvalue weighted by atomic mass is 9.90. The number of anilines is 1. The minimum absolute atomic E-state index is 0.152. The summed E-state index contributed by atoms with van der Waals surface area (Å²) in [5.41, 5.74) is 2.15. The first-order valence-corrected chi connectivity index (χ1v) is 8.05. The van der Waals surface area contributed by atoms with E-state index in [0.717, 1.165) is 36.6 Å². The molecule has 1 aliphatic rings. The van der Waals surface area contributed by atoms with Gasteiger partial charge in [0.05, 0.1) is 19.6 Å². The molecule has 0 radical (unpaired) electrons. The summed E-state index contributed by atoms with van der Waals surface area (Å²) in [7, 11) is 1.46. The van der Waals surface area contributed by atoms with Crippen LogP contribution in [-0.4, -0.2) is 29.2 Å². The summed E-state index contributed by atoms with van der Waals surface area (Å²) >= 11 is 0. The fourth-order valence-electron chi connectivity index (χ4n) is 3.29. The molecule has 5 nitrogen and oxygen atoms in total. The second-order valence-corrected chi connectivity index (χ2v) is 6.19. The van der Waals surface area contributed by atoms with Crippen LogP contribution in [0.25, 0.3) is 0 Å². The second kappa shape index (κ2) is 6.44. The number of hydrogen-bond acceptors (Lipinski definition) is 4. The van der Waals surface area contributed by atoms with Crippen LogP contribution in [0.1, 0.15) is 43.6 Å². The summed E-state index contributed by atoms with van der Waals surface area (Å²) in [6.45, 7) is 5.88. The highest BCUT2D eigenvalue weighted by atomic mass is 16.5. The Labute approximate surface area is 136 Å². The number of benzene rings is 1. The monoisotopic (exact) mass is 313 g/mol. The van der Waals surface area contributed by atoms with Crippen LogP contribution in [-0.2, 0) is 16.1 Å². The molecule has 0 saturated heterocycles. The van der Waals surface area contributed by atoms with E-state index in [9.17, 15) is 4.79 Å². The van der Waals surface area contributed by atoms with E-state index in [2.05, 4.69) is 34.4 Å². The van der Waals surface area contributed by atoms with Gasteiger partial charge < -0.3 is 14.2 Å². The number of para-hydroxylation sites is 1. The van der Waals surface area contributed by atoms with Gasteiger partial charge in [0.15, 0.2) is 0 Å². The van der Waals surface area contributed by atoms with E-state index in [-0.39, 0.29) is 11.9 Å². The standard InChI is InChI=1S/C18H23N3O2/c1-13(2)21-11-9-19-17(21)12-20-10-8-15(18(22)23-3)14-6-4-5-7-16(14)20/h4-7,9,11,13,15H,8,10,12H2,1-3H3. The molecule has 1 aromatic heterocycles. The zero-order valence-electron chi connectivity index (χ0n) is 13.9. The van der Waals surface area contributed by atoms with E-state index >= 15 is 0 Å². The first kappa shape index (κ1) is 15.6. The number of esters is 1. The van der Waals surface area contributed by atoms with Crippen molar-refractivity contribution in [3.05, 3.63) is 48.0 Å². The third-order valence-corrected chi connectivity index (χ3v) is 4.46. The number of carbonyl (C=O) groups excluding carboxylic acids is 1. The van der Waals surface area contributed by atoms with Crippen molar-refractivity contribution in [2.45, 2.75) is 38.8 Å². The summed E-state index contributed by atoms with van der Waals surface area (Å²) < 4.78 is 7.15. The van der Waals surface area contributed by atoms with Crippen molar-refractivity contribution in [3.63, 3.8) is 0 Å². The van der Waals surface area contributed by atoms with E-state index in [1.165, 1.54) is 7.11 Å². The predicted octanol–water partition coefficient (Wildman–Crippen LogP) is 3.13. The molecule has 1 atom stereocenters. The maximum Gasteiger partial charge on any atom is 0.313 e. The first-order chi connectivity index (χ1) is 11.1. The Kier molecular flexibility index (Phi) is 4.37. The SMILES string of the molecule is COC(=O)C1CCN(Cc2nccn2C(C)C)c2ccccc21. The van der Waals surface area contributed by atoms with Crippen molar-refractivity contribution < 1.29 is 9.53 Å². The lowest BCUT2D eigenvalue weighted by Crippen LogP contribution is -2.34. The number of ether oxygens (including phenoxy) is 1. The van der Waals surface area contributed by atoms with Crippen molar-refractivity contribution in [1.29, 1.82) is 0 Å². The number of fused-ring (bicyclic) bond motifs is 1. The zero-order chi connectivity index (χ0) is 16.4. The molecule has 3 rings (SSSR count). The number of rotatable bonds is 4. The maximum absolute atomic E-state index is 12.0. The Morgan fingerprint density at radius 3 is 2.91 bits per heavy atom. The van der Waals surface area contributed by atoms with Gasteiger partial charge in [0.2, 0.25) is 0 Å². The normalized spacial score (nSPS) is 17.2.